The minimum absolute atomic E-state index is 0.0920. The number of carbonyl (C=O) groups excluding carboxylic acids is 1. The van der Waals surface area contributed by atoms with Gasteiger partial charge in [0, 0.05) is 51.4 Å². The van der Waals surface area contributed by atoms with E-state index in [9.17, 15) is 13.2 Å². The molecule has 0 atom stereocenters. The predicted molar refractivity (Wildman–Crippen MR) is 133 cm³/mol. The Morgan fingerprint density at radius 1 is 1.00 bits per heavy atom. The van der Waals surface area contributed by atoms with Gasteiger partial charge in [0.2, 0.25) is 15.9 Å². The zero-order valence-corrected chi connectivity index (χ0v) is 21.0. The van der Waals surface area contributed by atoms with Crippen LogP contribution in [0.3, 0.4) is 0 Å². The lowest BCUT2D eigenvalue weighted by atomic mass is 9.96. The highest BCUT2D eigenvalue weighted by Gasteiger charge is 2.33. The molecular formula is C26H35N3O4S. The maximum absolute atomic E-state index is 13.2. The van der Waals surface area contributed by atoms with Crippen molar-refractivity contribution in [1.29, 1.82) is 0 Å². The number of hydrogen-bond acceptors (Lipinski definition) is 5. The van der Waals surface area contributed by atoms with Gasteiger partial charge in [-0.1, -0.05) is 18.2 Å². The second kappa shape index (κ2) is 10.8. The Morgan fingerprint density at radius 2 is 1.65 bits per heavy atom. The molecular weight excluding hydrogens is 450 g/mol. The minimum atomic E-state index is -3.58. The number of benzene rings is 2. The summed E-state index contributed by atoms with van der Waals surface area (Å²) in [6, 6.07) is 14.9. The molecule has 2 aromatic carbocycles. The normalized spacial score (nSPS) is 17.6. The smallest absolute Gasteiger partial charge is 0.243 e. The number of para-hydroxylation sites is 1. The van der Waals surface area contributed by atoms with Crippen molar-refractivity contribution in [3.05, 3.63) is 54.1 Å². The molecule has 0 bridgehead atoms. The van der Waals surface area contributed by atoms with Crippen LogP contribution in [0.2, 0.25) is 0 Å². The third-order valence-corrected chi connectivity index (χ3v) is 8.71. The number of anilines is 1. The monoisotopic (exact) mass is 485 g/mol. The lowest BCUT2D eigenvalue weighted by molar-refractivity contribution is -0.135. The zero-order chi connectivity index (χ0) is 24.1. The molecule has 0 N–H and O–H groups in total. The van der Waals surface area contributed by atoms with E-state index in [-0.39, 0.29) is 16.7 Å². The Bertz CT molecular complexity index is 1070. The van der Waals surface area contributed by atoms with Crippen LogP contribution < -0.4 is 9.64 Å². The first kappa shape index (κ1) is 24.5. The number of ether oxygens (including phenoxy) is 1. The van der Waals surface area contributed by atoms with Crippen LogP contribution in [-0.2, 0) is 21.4 Å². The topological polar surface area (TPSA) is 70.2 Å². The van der Waals surface area contributed by atoms with E-state index in [4.69, 9.17) is 4.74 Å². The molecule has 34 heavy (non-hydrogen) atoms. The van der Waals surface area contributed by atoms with Gasteiger partial charge in [0.1, 0.15) is 5.75 Å². The van der Waals surface area contributed by atoms with Crippen LogP contribution in [-0.4, -0.2) is 63.4 Å². The first-order valence-electron chi connectivity index (χ1n) is 12.2. The van der Waals surface area contributed by atoms with Gasteiger partial charge in [0.05, 0.1) is 11.5 Å². The first-order chi connectivity index (χ1) is 16.4. The van der Waals surface area contributed by atoms with Crippen molar-refractivity contribution in [2.24, 2.45) is 5.92 Å². The number of sulfonamides is 1. The summed E-state index contributed by atoms with van der Waals surface area (Å²) in [5.74, 6) is 0.588. The van der Waals surface area contributed by atoms with E-state index in [0.717, 1.165) is 18.7 Å². The van der Waals surface area contributed by atoms with Crippen molar-refractivity contribution in [3.63, 3.8) is 0 Å². The molecule has 2 fully saturated rings. The lowest BCUT2D eigenvalue weighted by Crippen LogP contribution is -2.43. The Balaban J connectivity index is 1.35. The Labute approximate surface area is 203 Å². The molecule has 7 nitrogen and oxygen atoms in total. The summed E-state index contributed by atoms with van der Waals surface area (Å²) in [6.45, 7) is 5.82. The lowest BCUT2D eigenvalue weighted by Gasteiger charge is -2.33. The second-order valence-corrected chi connectivity index (χ2v) is 11.0. The number of carbonyl (C=O) groups is 1. The van der Waals surface area contributed by atoms with Crippen molar-refractivity contribution < 1.29 is 17.9 Å². The van der Waals surface area contributed by atoms with Crippen molar-refractivity contribution in [2.45, 2.75) is 44.0 Å². The summed E-state index contributed by atoms with van der Waals surface area (Å²) in [6.07, 6.45) is 3.49. The fourth-order valence-corrected chi connectivity index (χ4v) is 6.39. The zero-order valence-electron chi connectivity index (χ0n) is 20.2. The molecule has 184 valence electrons. The maximum Gasteiger partial charge on any atom is 0.243 e. The Hall–Kier alpha value is -2.58. The van der Waals surface area contributed by atoms with E-state index in [1.807, 2.05) is 20.0 Å². The van der Waals surface area contributed by atoms with Crippen LogP contribution in [0.15, 0.2) is 53.4 Å². The van der Waals surface area contributed by atoms with E-state index in [1.54, 1.807) is 29.2 Å². The SMILES string of the molecule is CCOc1ccc(S(=O)(=O)N2CCC(C(=O)N(C)Cc3ccccc3N3CCCC3)CC2)cc1. The van der Waals surface area contributed by atoms with Crippen LogP contribution in [0.5, 0.6) is 5.75 Å². The van der Waals surface area contributed by atoms with Crippen LogP contribution in [0.25, 0.3) is 0 Å². The molecule has 2 aromatic rings. The molecule has 2 aliphatic heterocycles. The van der Waals surface area contributed by atoms with Crippen LogP contribution >= 0.6 is 0 Å². The standard InChI is InChI=1S/C26H35N3O4S/c1-3-33-23-10-12-24(13-11-23)34(31,32)29-18-14-21(15-19-29)26(30)27(2)20-22-8-4-5-9-25(22)28-16-6-7-17-28/h4-5,8-13,21H,3,6-7,14-20H2,1-2H3. The first-order valence-corrected chi connectivity index (χ1v) is 13.6. The highest BCUT2D eigenvalue weighted by Crippen LogP contribution is 2.28. The molecule has 0 spiro atoms. The van der Waals surface area contributed by atoms with Crippen LogP contribution in [0.4, 0.5) is 5.69 Å². The average Bonchev–Trinajstić information content (AvgIpc) is 3.39. The van der Waals surface area contributed by atoms with Gasteiger partial charge < -0.3 is 14.5 Å². The molecule has 4 rings (SSSR count). The van der Waals surface area contributed by atoms with Gasteiger partial charge >= 0.3 is 0 Å². The number of amides is 1. The summed E-state index contributed by atoms with van der Waals surface area (Å²) in [5, 5.41) is 0. The molecule has 2 heterocycles. The quantitative estimate of drug-likeness (QED) is 0.570. The van der Waals surface area contributed by atoms with E-state index < -0.39 is 10.0 Å². The third-order valence-electron chi connectivity index (χ3n) is 6.80. The Morgan fingerprint density at radius 3 is 2.29 bits per heavy atom. The Kier molecular flexibility index (Phi) is 7.78. The van der Waals surface area contributed by atoms with Gasteiger partial charge in [-0.05, 0) is 68.5 Å². The van der Waals surface area contributed by atoms with Gasteiger partial charge in [0.25, 0.3) is 0 Å². The van der Waals surface area contributed by atoms with Crippen LogP contribution in [0.1, 0.15) is 38.2 Å². The van der Waals surface area contributed by atoms with Crippen molar-refractivity contribution in [1.82, 2.24) is 9.21 Å². The third kappa shape index (κ3) is 5.39. The molecule has 0 radical (unpaired) electrons. The van der Waals surface area contributed by atoms with E-state index in [1.165, 1.54) is 22.8 Å². The number of hydrogen-bond donors (Lipinski definition) is 0. The fraction of sp³-hybridized carbons (Fsp3) is 0.500. The maximum atomic E-state index is 13.2. The second-order valence-electron chi connectivity index (χ2n) is 9.10. The van der Waals surface area contributed by atoms with Crippen LogP contribution in [0, 0.1) is 5.92 Å². The van der Waals surface area contributed by atoms with Gasteiger partial charge in [-0.2, -0.15) is 4.31 Å². The molecule has 2 aliphatic rings. The van der Waals surface area contributed by atoms with Gasteiger partial charge in [-0.25, -0.2) is 8.42 Å². The molecule has 0 aromatic heterocycles. The molecule has 1 amide bonds. The van der Waals surface area contributed by atoms with Gasteiger partial charge in [-0.15, -0.1) is 0 Å². The summed E-state index contributed by atoms with van der Waals surface area (Å²) in [5.41, 5.74) is 2.38. The highest BCUT2D eigenvalue weighted by atomic mass is 32.2. The average molecular weight is 486 g/mol. The highest BCUT2D eigenvalue weighted by molar-refractivity contribution is 7.89. The van der Waals surface area contributed by atoms with Crippen molar-refractivity contribution >= 4 is 21.6 Å². The van der Waals surface area contributed by atoms with E-state index >= 15 is 0 Å². The minimum Gasteiger partial charge on any atom is -0.494 e. The molecule has 0 aliphatic carbocycles. The number of nitrogens with zero attached hydrogens (tertiary/aromatic N) is 3. The molecule has 0 unspecified atom stereocenters. The number of rotatable bonds is 8. The van der Waals surface area contributed by atoms with Gasteiger partial charge in [-0.3, -0.25) is 4.79 Å². The van der Waals surface area contributed by atoms with Crippen molar-refractivity contribution in [3.8, 4) is 5.75 Å². The summed E-state index contributed by atoms with van der Waals surface area (Å²) >= 11 is 0. The van der Waals surface area contributed by atoms with E-state index in [0.29, 0.717) is 44.8 Å². The van der Waals surface area contributed by atoms with Crippen molar-refractivity contribution in [2.75, 3.05) is 44.7 Å². The van der Waals surface area contributed by atoms with Gasteiger partial charge in [0.15, 0.2) is 0 Å². The molecule has 2 saturated heterocycles. The summed E-state index contributed by atoms with van der Waals surface area (Å²) in [4.78, 5) is 17.7. The largest absolute Gasteiger partial charge is 0.494 e. The fourth-order valence-electron chi connectivity index (χ4n) is 4.92. The predicted octanol–water partition coefficient (Wildman–Crippen LogP) is 3.74. The molecule has 0 saturated carbocycles. The summed E-state index contributed by atoms with van der Waals surface area (Å²) in [7, 11) is -1.73. The molecule has 8 heteroatoms. The number of piperidine rings is 1. The summed E-state index contributed by atoms with van der Waals surface area (Å²) < 4.78 is 33.0. The van der Waals surface area contributed by atoms with E-state index in [2.05, 4.69) is 23.1 Å².